The Hall–Kier alpha value is -2.09. The second kappa shape index (κ2) is 6.90. The molecule has 0 aliphatic rings. The molecule has 1 aromatic heterocycles. The van der Waals surface area contributed by atoms with Crippen LogP contribution in [0.3, 0.4) is 0 Å². The molecule has 0 saturated heterocycles. The molecule has 2 aromatic rings. The number of hydrogen-bond donors (Lipinski definition) is 2. The van der Waals surface area contributed by atoms with Crippen molar-refractivity contribution < 1.29 is 9.90 Å². The Labute approximate surface area is 122 Å². The van der Waals surface area contributed by atoms with Gasteiger partial charge in [0.2, 0.25) is 0 Å². The third-order valence-electron chi connectivity index (χ3n) is 2.81. The van der Waals surface area contributed by atoms with Crippen LogP contribution in [0.25, 0.3) is 0 Å². The van der Waals surface area contributed by atoms with Gasteiger partial charge in [-0.25, -0.2) is 0 Å². The summed E-state index contributed by atoms with van der Waals surface area (Å²) in [6.07, 6.45) is 0. The van der Waals surface area contributed by atoms with E-state index in [4.69, 9.17) is 5.11 Å². The van der Waals surface area contributed by atoms with Crippen LogP contribution >= 0.6 is 11.3 Å². The third-order valence-corrected chi connectivity index (χ3v) is 3.84. The van der Waals surface area contributed by atoms with Crippen molar-refractivity contribution in [3.8, 4) is 11.8 Å². The van der Waals surface area contributed by atoms with Gasteiger partial charge >= 0.3 is 0 Å². The van der Waals surface area contributed by atoms with Crippen LogP contribution < -0.4 is 5.32 Å². The lowest BCUT2D eigenvalue weighted by Gasteiger charge is -2.05. The van der Waals surface area contributed by atoms with Crippen molar-refractivity contribution in [3.63, 3.8) is 0 Å². The molecule has 0 atom stereocenters. The van der Waals surface area contributed by atoms with Gasteiger partial charge in [-0.1, -0.05) is 17.9 Å². The molecular formula is C16H15NO2S. The molecule has 2 rings (SSSR count). The van der Waals surface area contributed by atoms with E-state index >= 15 is 0 Å². The topological polar surface area (TPSA) is 49.3 Å². The monoisotopic (exact) mass is 285 g/mol. The first-order chi connectivity index (χ1) is 9.70. The van der Waals surface area contributed by atoms with Gasteiger partial charge in [0.15, 0.2) is 0 Å². The maximum Gasteiger partial charge on any atom is 0.251 e. The van der Waals surface area contributed by atoms with Crippen LogP contribution in [-0.2, 0) is 6.54 Å². The molecular weight excluding hydrogens is 270 g/mol. The van der Waals surface area contributed by atoms with Gasteiger partial charge in [0.1, 0.15) is 6.61 Å². The van der Waals surface area contributed by atoms with Crippen LogP contribution in [-0.4, -0.2) is 17.6 Å². The number of aliphatic hydroxyl groups is 1. The van der Waals surface area contributed by atoms with Gasteiger partial charge in [0.25, 0.3) is 5.91 Å². The largest absolute Gasteiger partial charge is 0.384 e. The summed E-state index contributed by atoms with van der Waals surface area (Å²) in [7, 11) is 0. The Morgan fingerprint density at radius 3 is 2.95 bits per heavy atom. The predicted molar refractivity (Wildman–Crippen MR) is 80.6 cm³/mol. The molecule has 1 heterocycles. The van der Waals surface area contributed by atoms with E-state index in [1.54, 1.807) is 29.5 Å². The number of benzene rings is 1. The van der Waals surface area contributed by atoms with Crippen molar-refractivity contribution in [3.05, 3.63) is 57.3 Å². The second-order valence-electron chi connectivity index (χ2n) is 4.25. The lowest BCUT2D eigenvalue weighted by molar-refractivity contribution is 0.0951. The van der Waals surface area contributed by atoms with Crippen molar-refractivity contribution in [2.45, 2.75) is 13.5 Å². The van der Waals surface area contributed by atoms with Crippen LogP contribution in [0, 0.1) is 18.8 Å². The normalized spacial score (nSPS) is 9.70. The molecule has 0 saturated carbocycles. The van der Waals surface area contributed by atoms with E-state index < -0.39 is 0 Å². The Morgan fingerprint density at radius 1 is 1.40 bits per heavy atom. The van der Waals surface area contributed by atoms with Gasteiger partial charge in [0, 0.05) is 16.0 Å². The highest BCUT2D eigenvalue weighted by Gasteiger charge is 2.07. The number of hydrogen-bond acceptors (Lipinski definition) is 3. The molecule has 2 N–H and O–H groups in total. The Kier molecular flexibility index (Phi) is 4.94. The average molecular weight is 285 g/mol. The van der Waals surface area contributed by atoms with E-state index in [2.05, 4.69) is 17.2 Å². The van der Waals surface area contributed by atoms with E-state index in [-0.39, 0.29) is 12.5 Å². The molecule has 0 fully saturated rings. The summed E-state index contributed by atoms with van der Waals surface area (Å²) in [4.78, 5) is 13.2. The van der Waals surface area contributed by atoms with Crippen LogP contribution in [0.2, 0.25) is 0 Å². The molecule has 1 aromatic carbocycles. The van der Waals surface area contributed by atoms with E-state index in [1.165, 1.54) is 5.56 Å². The first-order valence-electron chi connectivity index (χ1n) is 6.21. The zero-order valence-electron chi connectivity index (χ0n) is 11.1. The molecule has 4 heteroatoms. The van der Waals surface area contributed by atoms with Crippen molar-refractivity contribution in [1.82, 2.24) is 5.32 Å². The molecule has 0 radical (unpaired) electrons. The van der Waals surface area contributed by atoms with Crippen molar-refractivity contribution in [2.24, 2.45) is 0 Å². The number of thiophene rings is 1. The fourth-order valence-corrected chi connectivity index (χ4v) is 2.57. The SMILES string of the molecule is Cc1ccsc1CNC(=O)c1cccc(C#CCO)c1. The summed E-state index contributed by atoms with van der Waals surface area (Å²) in [5.41, 5.74) is 2.49. The number of aliphatic hydroxyl groups excluding tert-OH is 1. The van der Waals surface area contributed by atoms with Crippen LogP contribution in [0.1, 0.15) is 26.4 Å². The quantitative estimate of drug-likeness (QED) is 0.850. The first kappa shape index (κ1) is 14.3. The molecule has 3 nitrogen and oxygen atoms in total. The number of amides is 1. The van der Waals surface area contributed by atoms with Gasteiger partial charge in [-0.15, -0.1) is 11.3 Å². The standard InChI is InChI=1S/C16H15NO2S/c1-12-7-9-20-15(12)11-17-16(19)14-6-2-4-13(10-14)5-3-8-18/h2,4,6-7,9-10,18H,8,11H2,1H3,(H,17,19). The van der Waals surface area contributed by atoms with Crippen LogP contribution in [0.4, 0.5) is 0 Å². The van der Waals surface area contributed by atoms with Crippen molar-refractivity contribution >= 4 is 17.2 Å². The maximum absolute atomic E-state index is 12.1. The molecule has 0 bridgehead atoms. The maximum atomic E-state index is 12.1. The smallest absolute Gasteiger partial charge is 0.251 e. The fraction of sp³-hybridized carbons (Fsp3) is 0.188. The third kappa shape index (κ3) is 3.70. The van der Waals surface area contributed by atoms with E-state index in [1.807, 2.05) is 24.4 Å². The van der Waals surface area contributed by atoms with Gasteiger partial charge in [-0.05, 0) is 42.1 Å². The summed E-state index contributed by atoms with van der Waals surface area (Å²) in [5, 5.41) is 13.6. The summed E-state index contributed by atoms with van der Waals surface area (Å²) >= 11 is 1.64. The number of carbonyl (C=O) groups is 1. The molecule has 0 aliphatic heterocycles. The Bertz CT molecular complexity index is 664. The highest BCUT2D eigenvalue weighted by Crippen LogP contribution is 2.15. The zero-order valence-corrected chi connectivity index (χ0v) is 12.0. The summed E-state index contributed by atoms with van der Waals surface area (Å²) in [6.45, 7) is 2.38. The van der Waals surface area contributed by atoms with Gasteiger partial charge in [-0.3, -0.25) is 4.79 Å². The van der Waals surface area contributed by atoms with E-state index in [0.29, 0.717) is 12.1 Å². The highest BCUT2D eigenvalue weighted by molar-refractivity contribution is 7.10. The average Bonchev–Trinajstić information content (AvgIpc) is 2.88. The lowest BCUT2D eigenvalue weighted by atomic mass is 10.1. The molecule has 0 aliphatic carbocycles. The molecule has 20 heavy (non-hydrogen) atoms. The summed E-state index contributed by atoms with van der Waals surface area (Å²) < 4.78 is 0. The molecule has 102 valence electrons. The van der Waals surface area contributed by atoms with Gasteiger partial charge in [0.05, 0.1) is 6.54 Å². The molecule has 0 unspecified atom stereocenters. The summed E-state index contributed by atoms with van der Waals surface area (Å²) in [6, 6.07) is 9.10. The van der Waals surface area contributed by atoms with Crippen LogP contribution in [0.5, 0.6) is 0 Å². The first-order valence-corrected chi connectivity index (χ1v) is 7.09. The Morgan fingerprint density at radius 2 is 2.25 bits per heavy atom. The minimum atomic E-state index is -0.186. The Balaban J connectivity index is 2.04. The fourth-order valence-electron chi connectivity index (χ4n) is 1.73. The molecule has 1 amide bonds. The van der Waals surface area contributed by atoms with E-state index in [0.717, 1.165) is 10.4 Å². The zero-order chi connectivity index (χ0) is 14.4. The number of carbonyl (C=O) groups excluding carboxylic acids is 1. The van der Waals surface area contributed by atoms with Gasteiger partial charge < -0.3 is 10.4 Å². The minimum Gasteiger partial charge on any atom is -0.384 e. The molecule has 0 spiro atoms. The number of rotatable bonds is 3. The summed E-state index contributed by atoms with van der Waals surface area (Å²) in [5.74, 6) is 5.24. The second-order valence-corrected chi connectivity index (χ2v) is 5.25. The highest BCUT2D eigenvalue weighted by atomic mass is 32.1. The van der Waals surface area contributed by atoms with Crippen molar-refractivity contribution in [1.29, 1.82) is 0 Å². The van der Waals surface area contributed by atoms with Crippen LogP contribution in [0.15, 0.2) is 35.7 Å². The van der Waals surface area contributed by atoms with E-state index in [9.17, 15) is 4.79 Å². The predicted octanol–water partition coefficient (Wildman–Crippen LogP) is 2.33. The minimum absolute atomic E-state index is 0.120. The number of aryl methyl sites for hydroxylation is 1. The van der Waals surface area contributed by atoms with Crippen molar-refractivity contribution in [2.75, 3.05) is 6.61 Å². The number of nitrogens with one attached hydrogen (secondary N) is 1. The lowest BCUT2D eigenvalue weighted by Crippen LogP contribution is -2.22. The van der Waals surface area contributed by atoms with Gasteiger partial charge in [-0.2, -0.15) is 0 Å².